The predicted molar refractivity (Wildman–Crippen MR) is 103 cm³/mol. The van der Waals surface area contributed by atoms with Crippen molar-refractivity contribution in [2.45, 2.75) is 64.0 Å². The Balaban J connectivity index is 1.87. The number of carbonyl (C=O) groups is 2. The molecular weight excluding hydrogens is 328 g/mol. The molecule has 0 aromatic heterocycles. The molecule has 1 fully saturated rings. The number of nitrogens with zero attached hydrogens (tertiary/aromatic N) is 1. The molecular formula is C21H30N2O3. The second kappa shape index (κ2) is 10.1. The normalized spacial score (nSPS) is 18.6. The van der Waals surface area contributed by atoms with Crippen LogP contribution >= 0.6 is 0 Å². The van der Waals surface area contributed by atoms with E-state index in [1.54, 1.807) is 12.1 Å². The number of rotatable bonds is 10. The summed E-state index contributed by atoms with van der Waals surface area (Å²) in [5, 5.41) is 10.0. The number of unbranched alkanes of at least 4 members (excludes halogenated alkanes) is 2. The van der Waals surface area contributed by atoms with E-state index in [9.17, 15) is 14.7 Å². The van der Waals surface area contributed by atoms with E-state index < -0.39 is 12.0 Å². The van der Waals surface area contributed by atoms with E-state index >= 15 is 0 Å². The van der Waals surface area contributed by atoms with Gasteiger partial charge in [0.15, 0.2) is 0 Å². The van der Waals surface area contributed by atoms with Crippen molar-refractivity contribution in [2.75, 3.05) is 6.54 Å². The first-order valence-corrected chi connectivity index (χ1v) is 9.56. The molecule has 2 atom stereocenters. The van der Waals surface area contributed by atoms with Crippen LogP contribution in [-0.2, 0) is 11.2 Å². The van der Waals surface area contributed by atoms with E-state index in [1.165, 1.54) is 0 Å². The largest absolute Gasteiger partial charge is 0.389 e. The SMILES string of the molecule is CCCCCC(O)C=CC1CCC(=O)N1CCc1ccc(C(N)=O)cc1. The maximum Gasteiger partial charge on any atom is 0.248 e. The summed E-state index contributed by atoms with van der Waals surface area (Å²) in [7, 11) is 0. The summed E-state index contributed by atoms with van der Waals surface area (Å²) in [5.41, 5.74) is 6.81. The summed E-state index contributed by atoms with van der Waals surface area (Å²) >= 11 is 0. The number of primary amides is 1. The summed E-state index contributed by atoms with van der Waals surface area (Å²) < 4.78 is 0. The van der Waals surface area contributed by atoms with Gasteiger partial charge in [-0.1, -0.05) is 50.5 Å². The van der Waals surface area contributed by atoms with Crippen LogP contribution in [-0.4, -0.2) is 40.5 Å². The summed E-state index contributed by atoms with van der Waals surface area (Å²) in [4.78, 5) is 25.2. The van der Waals surface area contributed by atoms with Crippen LogP contribution in [0.5, 0.6) is 0 Å². The highest BCUT2D eigenvalue weighted by Crippen LogP contribution is 2.21. The lowest BCUT2D eigenvalue weighted by Crippen LogP contribution is -2.33. The van der Waals surface area contributed by atoms with Gasteiger partial charge in [0.1, 0.15) is 0 Å². The third-order valence-corrected chi connectivity index (χ3v) is 4.91. The third kappa shape index (κ3) is 5.99. The molecule has 26 heavy (non-hydrogen) atoms. The molecule has 0 aliphatic carbocycles. The number of aliphatic hydroxyl groups is 1. The monoisotopic (exact) mass is 358 g/mol. The number of carbonyl (C=O) groups excluding carboxylic acids is 2. The van der Waals surface area contributed by atoms with Gasteiger partial charge < -0.3 is 15.7 Å². The highest BCUT2D eigenvalue weighted by molar-refractivity contribution is 5.92. The van der Waals surface area contributed by atoms with E-state index in [2.05, 4.69) is 6.92 Å². The second-order valence-electron chi connectivity index (χ2n) is 6.95. The number of amides is 2. The van der Waals surface area contributed by atoms with Gasteiger partial charge >= 0.3 is 0 Å². The molecule has 5 heteroatoms. The molecule has 0 spiro atoms. The topological polar surface area (TPSA) is 83.6 Å². The molecule has 142 valence electrons. The van der Waals surface area contributed by atoms with Crippen LogP contribution in [0.3, 0.4) is 0 Å². The third-order valence-electron chi connectivity index (χ3n) is 4.91. The molecule has 3 N–H and O–H groups in total. The van der Waals surface area contributed by atoms with Crippen molar-refractivity contribution in [2.24, 2.45) is 5.73 Å². The van der Waals surface area contributed by atoms with Crippen molar-refractivity contribution >= 4 is 11.8 Å². The van der Waals surface area contributed by atoms with Gasteiger partial charge in [0, 0.05) is 18.5 Å². The molecule has 1 heterocycles. The van der Waals surface area contributed by atoms with Crippen LogP contribution < -0.4 is 5.73 Å². The Hall–Kier alpha value is -2.14. The van der Waals surface area contributed by atoms with Gasteiger partial charge in [0.05, 0.1) is 12.1 Å². The molecule has 2 amide bonds. The van der Waals surface area contributed by atoms with Crippen molar-refractivity contribution < 1.29 is 14.7 Å². The number of aliphatic hydroxyl groups excluding tert-OH is 1. The molecule has 2 rings (SSSR count). The minimum Gasteiger partial charge on any atom is -0.389 e. The minimum absolute atomic E-state index is 0.0632. The van der Waals surface area contributed by atoms with E-state index in [-0.39, 0.29) is 11.9 Å². The Morgan fingerprint density at radius 1 is 1.35 bits per heavy atom. The van der Waals surface area contributed by atoms with E-state index in [0.717, 1.165) is 44.1 Å². The van der Waals surface area contributed by atoms with Crippen molar-refractivity contribution in [3.63, 3.8) is 0 Å². The second-order valence-corrected chi connectivity index (χ2v) is 6.95. The lowest BCUT2D eigenvalue weighted by atomic mass is 10.1. The fraction of sp³-hybridized carbons (Fsp3) is 0.524. The molecule has 2 unspecified atom stereocenters. The lowest BCUT2D eigenvalue weighted by Gasteiger charge is -2.23. The van der Waals surface area contributed by atoms with Crippen LogP contribution in [0.1, 0.15) is 61.4 Å². The zero-order chi connectivity index (χ0) is 18.9. The van der Waals surface area contributed by atoms with Gasteiger partial charge in [-0.15, -0.1) is 0 Å². The van der Waals surface area contributed by atoms with Crippen LogP contribution in [0.4, 0.5) is 0 Å². The molecule has 1 saturated heterocycles. The zero-order valence-electron chi connectivity index (χ0n) is 15.6. The van der Waals surface area contributed by atoms with Crippen molar-refractivity contribution in [3.05, 3.63) is 47.5 Å². The van der Waals surface area contributed by atoms with Gasteiger partial charge in [0.25, 0.3) is 0 Å². The number of benzene rings is 1. The smallest absolute Gasteiger partial charge is 0.248 e. The first-order valence-electron chi connectivity index (χ1n) is 9.56. The quantitative estimate of drug-likeness (QED) is 0.498. The maximum absolute atomic E-state index is 12.2. The van der Waals surface area contributed by atoms with Crippen molar-refractivity contribution in [1.82, 2.24) is 4.90 Å². The summed E-state index contributed by atoms with van der Waals surface area (Å²) in [5.74, 6) is -0.275. The molecule has 1 aliphatic heterocycles. The summed E-state index contributed by atoms with van der Waals surface area (Å²) in [6, 6.07) is 7.25. The van der Waals surface area contributed by atoms with E-state index in [0.29, 0.717) is 18.5 Å². The molecule has 1 aliphatic rings. The number of likely N-dealkylation sites (tertiary alicyclic amines) is 1. The van der Waals surface area contributed by atoms with Gasteiger partial charge in [-0.2, -0.15) is 0 Å². The average Bonchev–Trinajstić information content (AvgIpc) is 2.98. The Kier molecular flexibility index (Phi) is 7.85. The van der Waals surface area contributed by atoms with Gasteiger partial charge in [-0.25, -0.2) is 0 Å². The average molecular weight is 358 g/mol. The highest BCUT2D eigenvalue weighted by atomic mass is 16.3. The van der Waals surface area contributed by atoms with Crippen LogP contribution in [0.15, 0.2) is 36.4 Å². The Bertz CT molecular complexity index is 625. The number of nitrogens with two attached hydrogens (primary N) is 1. The Labute approximate surface area is 155 Å². The first-order chi connectivity index (χ1) is 12.5. The van der Waals surface area contributed by atoms with E-state index in [4.69, 9.17) is 5.73 Å². The maximum atomic E-state index is 12.2. The van der Waals surface area contributed by atoms with Crippen LogP contribution in [0, 0.1) is 0 Å². The van der Waals surface area contributed by atoms with Crippen LogP contribution in [0.2, 0.25) is 0 Å². The highest BCUT2D eigenvalue weighted by Gasteiger charge is 2.28. The van der Waals surface area contributed by atoms with E-state index in [1.807, 2.05) is 29.2 Å². The zero-order valence-corrected chi connectivity index (χ0v) is 15.6. The van der Waals surface area contributed by atoms with Crippen molar-refractivity contribution in [3.8, 4) is 0 Å². The molecule has 0 radical (unpaired) electrons. The van der Waals surface area contributed by atoms with Gasteiger partial charge in [0.2, 0.25) is 11.8 Å². The fourth-order valence-corrected chi connectivity index (χ4v) is 3.29. The summed E-state index contributed by atoms with van der Waals surface area (Å²) in [6.45, 7) is 2.78. The van der Waals surface area contributed by atoms with Crippen molar-refractivity contribution in [1.29, 1.82) is 0 Å². The molecule has 0 saturated carbocycles. The number of hydrogen-bond acceptors (Lipinski definition) is 3. The van der Waals surface area contributed by atoms with Crippen LogP contribution in [0.25, 0.3) is 0 Å². The Morgan fingerprint density at radius 3 is 2.73 bits per heavy atom. The standard InChI is InChI=1S/C21H30N2O3/c1-2-3-4-5-19(24)12-10-18-11-13-20(25)23(18)15-14-16-6-8-17(9-7-16)21(22)26/h6-10,12,18-19,24H,2-5,11,13-15H2,1H3,(H2,22,26). The Morgan fingerprint density at radius 2 is 2.08 bits per heavy atom. The fourth-order valence-electron chi connectivity index (χ4n) is 3.29. The minimum atomic E-state index is -0.436. The molecule has 5 nitrogen and oxygen atoms in total. The molecule has 0 bridgehead atoms. The lowest BCUT2D eigenvalue weighted by molar-refractivity contribution is -0.128. The molecule has 1 aromatic carbocycles. The first kappa shape index (κ1) is 20.2. The predicted octanol–water partition coefficient (Wildman–Crippen LogP) is 2.82. The number of hydrogen-bond donors (Lipinski definition) is 2. The summed E-state index contributed by atoms with van der Waals surface area (Å²) in [6.07, 6.45) is 9.56. The van der Waals surface area contributed by atoms with Gasteiger partial charge in [-0.3, -0.25) is 9.59 Å². The molecule has 1 aromatic rings. The van der Waals surface area contributed by atoms with Gasteiger partial charge in [-0.05, 0) is 37.0 Å².